The molecule has 5 rings (SSSR count). The molecule has 4 heterocycles. The molecule has 0 N–H and O–H groups in total. The summed E-state index contributed by atoms with van der Waals surface area (Å²) in [5.74, 6) is 0.701. The second kappa shape index (κ2) is 8.90. The van der Waals surface area contributed by atoms with Crippen LogP contribution in [0.1, 0.15) is 51.0 Å². The SMILES string of the molecule is Cc1nc([C@@H]2CCCN(C(=O)c3ccc4c(c3)ncn4C)C2)ncc1C(=O)N1CCOCC1. The van der Waals surface area contributed by atoms with Gasteiger partial charge in [-0.15, -0.1) is 0 Å². The van der Waals surface area contributed by atoms with Gasteiger partial charge in [-0.2, -0.15) is 0 Å². The number of carbonyl (C=O) groups is 2. The lowest BCUT2D eigenvalue weighted by molar-refractivity contribution is 0.0301. The standard InChI is InChI=1S/C24H28N6O3/c1-16-19(24(32)29-8-10-33-11-9-29)13-25-22(27-16)18-4-3-7-30(14-18)23(31)17-5-6-21-20(12-17)26-15-28(21)2/h5-6,12-13,15,18H,3-4,7-11,14H2,1-2H3/t18-/m1/s1. The van der Waals surface area contributed by atoms with Crippen molar-refractivity contribution in [1.29, 1.82) is 0 Å². The van der Waals surface area contributed by atoms with E-state index in [1.807, 2.05) is 41.6 Å². The number of rotatable bonds is 3. The van der Waals surface area contributed by atoms with E-state index < -0.39 is 0 Å². The van der Waals surface area contributed by atoms with Crippen LogP contribution < -0.4 is 0 Å². The summed E-state index contributed by atoms with van der Waals surface area (Å²) in [6, 6.07) is 5.66. The molecule has 0 bridgehead atoms. The number of nitrogens with zero attached hydrogens (tertiary/aromatic N) is 6. The minimum Gasteiger partial charge on any atom is -0.378 e. The molecule has 0 aliphatic carbocycles. The highest BCUT2D eigenvalue weighted by molar-refractivity contribution is 5.97. The van der Waals surface area contributed by atoms with Crippen LogP contribution in [0.25, 0.3) is 11.0 Å². The molecule has 2 fully saturated rings. The number of morpholine rings is 1. The average molecular weight is 449 g/mol. The highest BCUT2D eigenvalue weighted by atomic mass is 16.5. The Balaban J connectivity index is 1.31. The first kappa shape index (κ1) is 21.5. The van der Waals surface area contributed by atoms with Crippen molar-refractivity contribution < 1.29 is 14.3 Å². The number of likely N-dealkylation sites (tertiary alicyclic amines) is 1. The van der Waals surface area contributed by atoms with Crippen molar-refractivity contribution in [3.8, 4) is 0 Å². The normalized spacial score (nSPS) is 19.2. The molecule has 9 nitrogen and oxygen atoms in total. The molecule has 1 aromatic carbocycles. The van der Waals surface area contributed by atoms with E-state index in [1.165, 1.54) is 0 Å². The minimum absolute atomic E-state index is 0.00286. The molecule has 2 aromatic heterocycles. The van der Waals surface area contributed by atoms with Gasteiger partial charge in [0, 0.05) is 50.9 Å². The number of aromatic nitrogens is 4. The van der Waals surface area contributed by atoms with Gasteiger partial charge in [-0.25, -0.2) is 15.0 Å². The highest BCUT2D eigenvalue weighted by Crippen LogP contribution is 2.27. The third kappa shape index (κ3) is 4.20. The molecule has 1 atom stereocenters. The molecule has 2 aliphatic rings. The number of fused-ring (bicyclic) bond motifs is 1. The first-order valence-corrected chi connectivity index (χ1v) is 11.4. The molecule has 9 heteroatoms. The van der Waals surface area contributed by atoms with Crippen LogP contribution in [0.5, 0.6) is 0 Å². The molecule has 3 aromatic rings. The number of amides is 2. The van der Waals surface area contributed by atoms with E-state index in [1.54, 1.807) is 17.4 Å². The van der Waals surface area contributed by atoms with E-state index in [9.17, 15) is 9.59 Å². The van der Waals surface area contributed by atoms with Crippen molar-refractivity contribution in [2.75, 3.05) is 39.4 Å². The Morgan fingerprint density at radius 3 is 2.67 bits per heavy atom. The molecule has 0 unspecified atom stereocenters. The third-order valence-electron chi connectivity index (χ3n) is 6.57. The number of hydrogen-bond donors (Lipinski definition) is 0. The fourth-order valence-corrected chi connectivity index (χ4v) is 4.65. The molecule has 2 aliphatic heterocycles. The largest absolute Gasteiger partial charge is 0.378 e. The maximum Gasteiger partial charge on any atom is 0.257 e. The Morgan fingerprint density at radius 1 is 1.06 bits per heavy atom. The Kier molecular flexibility index (Phi) is 5.80. The highest BCUT2D eigenvalue weighted by Gasteiger charge is 2.29. The van der Waals surface area contributed by atoms with Crippen molar-refractivity contribution >= 4 is 22.8 Å². The van der Waals surface area contributed by atoms with Crippen LogP contribution in [0, 0.1) is 6.92 Å². The molecule has 2 amide bonds. The third-order valence-corrected chi connectivity index (χ3v) is 6.57. The molecular formula is C24H28N6O3. The van der Waals surface area contributed by atoms with E-state index in [0.29, 0.717) is 62.0 Å². The topological polar surface area (TPSA) is 93.5 Å². The molecule has 2 saturated heterocycles. The molecule has 172 valence electrons. The molecule has 0 saturated carbocycles. The van der Waals surface area contributed by atoms with Gasteiger partial charge in [-0.1, -0.05) is 0 Å². The van der Waals surface area contributed by atoms with Crippen LogP contribution in [0.3, 0.4) is 0 Å². The van der Waals surface area contributed by atoms with E-state index >= 15 is 0 Å². The van der Waals surface area contributed by atoms with Gasteiger partial charge in [0.25, 0.3) is 11.8 Å². The number of piperidine rings is 1. The van der Waals surface area contributed by atoms with Crippen LogP contribution in [0.4, 0.5) is 0 Å². The summed E-state index contributed by atoms with van der Waals surface area (Å²) in [4.78, 5) is 43.3. The van der Waals surface area contributed by atoms with Crippen LogP contribution in [-0.2, 0) is 11.8 Å². The molecule has 0 radical (unpaired) electrons. The number of hydrogen-bond acceptors (Lipinski definition) is 6. The Labute approximate surface area is 192 Å². The van der Waals surface area contributed by atoms with Gasteiger partial charge in [-0.05, 0) is 38.0 Å². The van der Waals surface area contributed by atoms with Gasteiger partial charge in [0.1, 0.15) is 5.82 Å². The van der Waals surface area contributed by atoms with Gasteiger partial charge in [0.05, 0.1) is 41.8 Å². The van der Waals surface area contributed by atoms with E-state index in [2.05, 4.69) is 15.0 Å². The predicted octanol–water partition coefficient (Wildman–Crippen LogP) is 2.16. The monoisotopic (exact) mass is 448 g/mol. The van der Waals surface area contributed by atoms with Crippen molar-refractivity contribution in [3.63, 3.8) is 0 Å². The zero-order valence-corrected chi connectivity index (χ0v) is 19.0. The van der Waals surface area contributed by atoms with Crippen LogP contribution >= 0.6 is 0 Å². The average Bonchev–Trinajstić information content (AvgIpc) is 3.23. The van der Waals surface area contributed by atoms with Crippen LogP contribution in [0.15, 0.2) is 30.7 Å². The Bertz CT molecular complexity index is 1200. The smallest absolute Gasteiger partial charge is 0.257 e. The first-order chi connectivity index (χ1) is 16.0. The summed E-state index contributed by atoms with van der Waals surface area (Å²) in [6.45, 7) is 5.42. The van der Waals surface area contributed by atoms with Crippen molar-refractivity contribution in [1.82, 2.24) is 29.3 Å². The lowest BCUT2D eigenvalue weighted by Gasteiger charge is -2.32. The lowest BCUT2D eigenvalue weighted by atomic mass is 9.96. The summed E-state index contributed by atoms with van der Waals surface area (Å²) in [5.41, 5.74) is 3.68. The molecule has 0 spiro atoms. The summed E-state index contributed by atoms with van der Waals surface area (Å²) in [7, 11) is 1.94. The fourth-order valence-electron chi connectivity index (χ4n) is 4.65. The minimum atomic E-state index is -0.0484. The zero-order valence-electron chi connectivity index (χ0n) is 19.0. The van der Waals surface area contributed by atoms with Crippen molar-refractivity contribution in [2.24, 2.45) is 7.05 Å². The predicted molar refractivity (Wildman–Crippen MR) is 122 cm³/mol. The number of aryl methyl sites for hydroxylation is 2. The molecule has 33 heavy (non-hydrogen) atoms. The Morgan fingerprint density at radius 2 is 1.88 bits per heavy atom. The van der Waals surface area contributed by atoms with Gasteiger partial charge in [-0.3, -0.25) is 9.59 Å². The van der Waals surface area contributed by atoms with Gasteiger partial charge >= 0.3 is 0 Å². The Hall–Kier alpha value is -3.33. The maximum absolute atomic E-state index is 13.2. The number of imidazole rings is 1. The lowest BCUT2D eigenvalue weighted by Crippen LogP contribution is -2.41. The quantitative estimate of drug-likeness (QED) is 0.610. The second-order valence-electron chi connectivity index (χ2n) is 8.78. The van der Waals surface area contributed by atoms with Crippen molar-refractivity contribution in [2.45, 2.75) is 25.7 Å². The zero-order chi connectivity index (χ0) is 22.9. The molecular weight excluding hydrogens is 420 g/mol. The fraction of sp³-hybridized carbons (Fsp3) is 0.458. The van der Waals surface area contributed by atoms with E-state index in [4.69, 9.17) is 4.74 Å². The summed E-state index contributed by atoms with van der Waals surface area (Å²) in [6.07, 6.45) is 5.20. The first-order valence-electron chi connectivity index (χ1n) is 11.4. The summed E-state index contributed by atoms with van der Waals surface area (Å²) >= 11 is 0. The number of ether oxygens (including phenoxy) is 1. The summed E-state index contributed by atoms with van der Waals surface area (Å²) in [5, 5.41) is 0. The van der Waals surface area contributed by atoms with Gasteiger partial charge in [0.2, 0.25) is 0 Å². The number of benzene rings is 1. The second-order valence-corrected chi connectivity index (χ2v) is 8.78. The maximum atomic E-state index is 13.2. The van der Waals surface area contributed by atoms with Gasteiger partial charge < -0.3 is 19.1 Å². The van der Waals surface area contributed by atoms with E-state index in [-0.39, 0.29) is 17.7 Å². The van der Waals surface area contributed by atoms with E-state index in [0.717, 1.165) is 23.9 Å². The van der Waals surface area contributed by atoms with Crippen LogP contribution in [0.2, 0.25) is 0 Å². The number of carbonyl (C=O) groups excluding carboxylic acids is 2. The van der Waals surface area contributed by atoms with Crippen molar-refractivity contribution in [3.05, 3.63) is 53.4 Å². The van der Waals surface area contributed by atoms with Crippen LogP contribution in [-0.4, -0.2) is 80.5 Å². The van der Waals surface area contributed by atoms with Gasteiger partial charge in [0.15, 0.2) is 0 Å². The summed E-state index contributed by atoms with van der Waals surface area (Å²) < 4.78 is 7.27.